The van der Waals surface area contributed by atoms with Crippen LogP contribution >= 0.6 is 0 Å². The summed E-state index contributed by atoms with van der Waals surface area (Å²) in [5, 5.41) is 16.1. The van der Waals surface area contributed by atoms with Gasteiger partial charge in [0.1, 0.15) is 18.7 Å². The number of carboxylic acid groups (broad SMARTS) is 1. The number of hydrogen-bond acceptors (Lipinski definition) is 6. The molecule has 3 aromatic carbocycles. The highest BCUT2D eigenvalue weighted by Gasteiger charge is 2.28. The van der Waals surface area contributed by atoms with Crippen molar-refractivity contribution in [3.05, 3.63) is 84.7 Å². The van der Waals surface area contributed by atoms with E-state index >= 15 is 0 Å². The third-order valence-corrected chi connectivity index (χ3v) is 5.50. The Bertz CT molecular complexity index is 1360. The molecular formula is C28H26FN3O7. The van der Waals surface area contributed by atoms with Crippen LogP contribution in [0.25, 0.3) is 11.1 Å². The van der Waals surface area contributed by atoms with E-state index in [-0.39, 0.29) is 5.75 Å². The Morgan fingerprint density at radius 1 is 0.846 bits per heavy atom. The molecule has 0 aliphatic rings. The van der Waals surface area contributed by atoms with Crippen molar-refractivity contribution in [2.45, 2.75) is 25.4 Å². The van der Waals surface area contributed by atoms with Crippen LogP contribution in [-0.2, 0) is 24.0 Å². The van der Waals surface area contributed by atoms with Crippen LogP contribution in [0.3, 0.4) is 0 Å². The number of carbonyl (C=O) groups is 5. The molecule has 0 radical (unpaired) electrons. The third kappa shape index (κ3) is 8.22. The van der Waals surface area contributed by atoms with Gasteiger partial charge in [-0.25, -0.2) is 4.39 Å². The Morgan fingerprint density at radius 2 is 1.49 bits per heavy atom. The van der Waals surface area contributed by atoms with Crippen molar-refractivity contribution in [1.82, 2.24) is 10.6 Å². The number of aliphatic carboxylic acids is 1. The molecule has 4 N–H and O–H groups in total. The summed E-state index contributed by atoms with van der Waals surface area (Å²) < 4.78 is 18.8. The fourth-order valence-electron chi connectivity index (χ4n) is 3.50. The Hall–Kier alpha value is -5.06. The van der Waals surface area contributed by atoms with Gasteiger partial charge < -0.3 is 25.8 Å². The lowest BCUT2D eigenvalue weighted by molar-refractivity contribution is -0.141. The van der Waals surface area contributed by atoms with E-state index in [0.29, 0.717) is 11.3 Å². The number of carboxylic acids is 1. The smallest absolute Gasteiger partial charge is 0.313 e. The van der Waals surface area contributed by atoms with Crippen LogP contribution in [0.2, 0.25) is 0 Å². The average Bonchev–Trinajstić information content (AvgIpc) is 2.92. The number of benzene rings is 3. The van der Waals surface area contributed by atoms with Gasteiger partial charge in [-0.1, -0.05) is 60.7 Å². The molecule has 0 bridgehead atoms. The van der Waals surface area contributed by atoms with E-state index < -0.39 is 60.4 Å². The van der Waals surface area contributed by atoms with Crippen LogP contribution in [0.15, 0.2) is 78.9 Å². The molecule has 0 saturated heterocycles. The van der Waals surface area contributed by atoms with Gasteiger partial charge in [0.2, 0.25) is 5.91 Å². The number of amides is 3. The van der Waals surface area contributed by atoms with Gasteiger partial charge in [-0.15, -0.1) is 0 Å². The lowest BCUT2D eigenvalue weighted by atomic mass is 10.0. The van der Waals surface area contributed by atoms with Crippen molar-refractivity contribution in [3.8, 4) is 16.9 Å². The molecule has 0 aromatic heterocycles. The molecule has 0 saturated carbocycles. The van der Waals surface area contributed by atoms with E-state index in [1.807, 2.05) is 30.3 Å². The summed E-state index contributed by atoms with van der Waals surface area (Å²) in [6, 6.07) is 18.5. The maximum absolute atomic E-state index is 13.7. The van der Waals surface area contributed by atoms with Crippen LogP contribution < -0.4 is 20.7 Å². The molecule has 0 heterocycles. The number of rotatable bonds is 11. The standard InChI is InChI=1S/C28H26FN3O7/c1-17(26(36)32-22(15-25(34)35)23(33)16-39-24-14-8-6-12-20(24)29)30-27(37)28(38)31-21-13-7-5-11-19(21)18-9-3-2-4-10-18/h2-14,17,22H,15-16H2,1H3,(H,30,37)(H,31,38)(H,32,36)(H,34,35)/t17-,22-/m0/s1. The number of Topliss-reactive ketones (excluding diaryl/α,β-unsaturated/α-hetero) is 1. The third-order valence-electron chi connectivity index (χ3n) is 5.50. The first-order valence-electron chi connectivity index (χ1n) is 11.8. The predicted molar refractivity (Wildman–Crippen MR) is 139 cm³/mol. The second-order valence-electron chi connectivity index (χ2n) is 8.41. The van der Waals surface area contributed by atoms with Crippen LogP contribution in [-0.4, -0.2) is 53.3 Å². The Labute approximate surface area is 223 Å². The molecule has 0 unspecified atom stereocenters. The zero-order chi connectivity index (χ0) is 28.4. The maximum Gasteiger partial charge on any atom is 0.313 e. The van der Waals surface area contributed by atoms with Crippen molar-refractivity contribution in [2.75, 3.05) is 11.9 Å². The van der Waals surface area contributed by atoms with E-state index in [4.69, 9.17) is 9.84 Å². The number of carbonyl (C=O) groups excluding carboxylic acids is 4. The van der Waals surface area contributed by atoms with Gasteiger partial charge in [0, 0.05) is 11.3 Å². The molecule has 0 fully saturated rings. The average molecular weight is 536 g/mol. The second kappa shape index (κ2) is 13.5. The lowest BCUT2D eigenvalue weighted by Gasteiger charge is -2.20. The van der Waals surface area contributed by atoms with Gasteiger partial charge in [0.25, 0.3) is 0 Å². The van der Waals surface area contributed by atoms with Crippen molar-refractivity contribution < 1.29 is 38.2 Å². The van der Waals surface area contributed by atoms with Crippen LogP contribution in [0.1, 0.15) is 13.3 Å². The van der Waals surface area contributed by atoms with Crippen molar-refractivity contribution in [3.63, 3.8) is 0 Å². The predicted octanol–water partition coefficient (Wildman–Crippen LogP) is 2.54. The molecule has 202 valence electrons. The minimum absolute atomic E-state index is 0.216. The van der Waals surface area contributed by atoms with Gasteiger partial charge in [-0.05, 0) is 30.7 Å². The minimum atomic E-state index is -1.52. The minimum Gasteiger partial charge on any atom is -0.483 e. The number of anilines is 1. The highest BCUT2D eigenvalue weighted by atomic mass is 19.1. The van der Waals surface area contributed by atoms with Gasteiger partial charge >= 0.3 is 17.8 Å². The molecule has 3 aromatic rings. The summed E-state index contributed by atoms with van der Waals surface area (Å²) in [4.78, 5) is 61.4. The normalized spacial score (nSPS) is 11.9. The van der Waals surface area contributed by atoms with Crippen molar-refractivity contribution >= 4 is 35.2 Å². The molecule has 0 aliphatic heterocycles. The summed E-state index contributed by atoms with van der Waals surface area (Å²) in [6.07, 6.45) is -0.775. The van der Waals surface area contributed by atoms with Gasteiger partial charge in [0.05, 0.1) is 6.42 Å². The molecule has 2 atom stereocenters. The molecule has 0 spiro atoms. The van der Waals surface area contributed by atoms with Gasteiger partial charge in [-0.3, -0.25) is 24.0 Å². The summed E-state index contributed by atoms with van der Waals surface area (Å²) in [7, 11) is 0. The van der Waals surface area contributed by atoms with Crippen molar-refractivity contribution in [2.24, 2.45) is 0 Å². The number of hydrogen-bond donors (Lipinski definition) is 4. The highest BCUT2D eigenvalue weighted by molar-refractivity contribution is 6.40. The largest absolute Gasteiger partial charge is 0.483 e. The molecule has 3 rings (SSSR count). The first kappa shape index (κ1) is 28.5. The first-order valence-corrected chi connectivity index (χ1v) is 11.8. The SMILES string of the molecule is C[C@H](NC(=O)C(=O)Nc1ccccc1-c1ccccc1)C(=O)N[C@@H](CC(=O)O)C(=O)COc1ccccc1F. The van der Waals surface area contributed by atoms with Gasteiger partial charge in [-0.2, -0.15) is 0 Å². The molecular weight excluding hydrogens is 509 g/mol. The van der Waals surface area contributed by atoms with Crippen LogP contribution in [0, 0.1) is 5.82 Å². The Balaban J connectivity index is 1.59. The first-order chi connectivity index (χ1) is 18.7. The number of ether oxygens (including phenoxy) is 1. The number of nitrogens with one attached hydrogen (secondary N) is 3. The fraction of sp³-hybridized carbons (Fsp3) is 0.179. The molecule has 0 aliphatic carbocycles. The second-order valence-corrected chi connectivity index (χ2v) is 8.41. The highest BCUT2D eigenvalue weighted by Crippen LogP contribution is 2.27. The Morgan fingerprint density at radius 3 is 2.18 bits per heavy atom. The molecule has 10 nitrogen and oxygen atoms in total. The number of para-hydroxylation sites is 2. The summed E-state index contributed by atoms with van der Waals surface area (Å²) in [5.41, 5.74) is 1.87. The van der Waals surface area contributed by atoms with Crippen LogP contribution in [0.4, 0.5) is 10.1 Å². The van der Waals surface area contributed by atoms with Crippen molar-refractivity contribution in [1.29, 1.82) is 0 Å². The number of ketones is 1. The van der Waals surface area contributed by atoms with E-state index in [1.54, 1.807) is 24.3 Å². The molecule has 11 heteroatoms. The van der Waals surface area contributed by atoms with Crippen LogP contribution in [0.5, 0.6) is 5.75 Å². The maximum atomic E-state index is 13.7. The summed E-state index contributed by atoms with van der Waals surface area (Å²) in [5.74, 6) is -6.21. The van der Waals surface area contributed by atoms with E-state index in [1.165, 1.54) is 25.1 Å². The summed E-state index contributed by atoms with van der Waals surface area (Å²) >= 11 is 0. The monoisotopic (exact) mass is 535 g/mol. The fourth-order valence-corrected chi connectivity index (χ4v) is 3.50. The Kier molecular flexibility index (Phi) is 9.85. The van der Waals surface area contributed by atoms with E-state index in [2.05, 4.69) is 16.0 Å². The van der Waals surface area contributed by atoms with E-state index in [9.17, 15) is 28.4 Å². The van der Waals surface area contributed by atoms with Gasteiger partial charge in [0.15, 0.2) is 17.3 Å². The zero-order valence-electron chi connectivity index (χ0n) is 20.8. The topological polar surface area (TPSA) is 151 Å². The quantitative estimate of drug-likeness (QED) is 0.276. The zero-order valence-corrected chi connectivity index (χ0v) is 20.8. The van der Waals surface area contributed by atoms with E-state index in [0.717, 1.165) is 11.6 Å². The molecule has 39 heavy (non-hydrogen) atoms. The summed E-state index contributed by atoms with van der Waals surface area (Å²) in [6.45, 7) is 0.555. The lowest BCUT2D eigenvalue weighted by Crippen LogP contribution is -2.53. The number of halogens is 1. The molecule has 3 amide bonds.